The van der Waals surface area contributed by atoms with E-state index in [0.717, 1.165) is 30.9 Å². The maximum Gasteiger partial charge on any atom is 0.125 e. The molecule has 1 aromatic carbocycles. The van der Waals surface area contributed by atoms with Crippen LogP contribution < -0.4 is 5.32 Å². The smallest absolute Gasteiger partial charge is 0.125 e. The normalized spacial score (nSPS) is 12.3. The van der Waals surface area contributed by atoms with Crippen LogP contribution >= 0.6 is 0 Å². The Morgan fingerprint density at radius 3 is 2.63 bits per heavy atom. The van der Waals surface area contributed by atoms with E-state index in [9.17, 15) is 0 Å². The maximum atomic E-state index is 4.50. The quantitative estimate of drug-likeness (QED) is 0.862. The lowest BCUT2D eigenvalue weighted by atomic mass is 10.0. The van der Waals surface area contributed by atoms with Gasteiger partial charge in [-0.15, -0.1) is 0 Å². The Bertz CT molecular complexity index is 496. The molecule has 100 valence electrons. The molecule has 0 spiro atoms. The van der Waals surface area contributed by atoms with E-state index >= 15 is 0 Å². The van der Waals surface area contributed by atoms with Gasteiger partial charge in [-0.25, -0.2) is 9.97 Å². The predicted molar refractivity (Wildman–Crippen MR) is 77.9 cm³/mol. The summed E-state index contributed by atoms with van der Waals surface area (Å²) in [6.07, 6.45) is 3.86. The molecule has 3 nitrogen and oxygen atoms in total. The lowest BCUT2D eigenvalue weighted by Gasteiger charge is -2.18. The SMILES string of the molecule is CCCNC(Cc1ccnc(C)n1)c1ccccc1. The van der Waals surface area contributed by atoms with Crippen LogP contribution in [-0.4, -0.2) is 16.5 Å². The monoisotopic (exact) mass is 255 g/mol. The Hall–Kier alpha value is -1.74. The minimum Gasteiger partial charge on any atom is -0.310 e. The summed E-state index contributed by atoms with van der Waals surface area (Å²) in [5, 5.41) is 3.59. The molecule has 0 bridgehead atoms. The summed E-state index contributed by atoms with van der Waals surface area (Å²) in [4.78, 5) is 8.65. The number of aromatic nitrogens is 2. The van der Waals surface area contributed by atoms with Gasteiger partial charge in [-0.1, -0.05) is 37.3 Å². The highest BCUT2D eigenvalue weighted by atomic mass is 14.9. The number of hydrogen-bond acceptors (Lipinski definition) is 3. The number of nitrogens with zero attached hydrogens (tertiary/aromatic N) is 2. The van der Waals surface area contributed by atoms with Crippen LogP contribution in [0.25, 0.3) is 0 Å². The summed E-state index contributed by atoms with van der Waals surface area (Å²) in [5.41, 5.74) is 2.40. The van der Waals surface area contributed by atoms with Crippen molar-refractivity contribution in [3.05, 3.63) is 59.7 Å². The first-order valence-electron chi connectivity index (χ1n) is 6.86. The molecule has 0 aliphatic carbocycles. The van der Waals surface area contributed by atoms with Crippen LogP contribution in [0.1, 0.15) is 36.5 Å². The van der Waals surface area contributed by atoms with Crippen LogP contribution in [0.4, 0.5) is 0 Å². The average molecular weight is 255 g/mol. The summed E-state index contributed by atoms with van der Waals surface area (Å²) < 4.78 is 0. The van der Waals surface area contributed by atoms with Gasteiger partial charge < -0.3 is 5.32 Å². The van der Waals surface area contributed by atoms with Gasteiger partial charge in [0.25, 0.3) is 0 Å². The van der Waals surface area contributed by atoms with Crippen molar-refractivity contribution in [2.75, 3.05) is 6.54 Å². The molecule has 1 atom stereocenters. The topological polar surface area (TPSA) is 37.8 Å². The third kappa shape index (κ3) is 4.14. The Morgan fingerprint density at radius 1 is 1.16 bits per heavy atom. The van der Waals surface area contributed by atoms with E-state index in [1.165, 1.54) is 5.56 Å². The molecule has 2 rings (SSSR count). The first kappa shape index (κ1) is 13.7. The molecular formula is C16H21N3. The van der Waals surface area contributed by atoms with Gasteiger partial charge in [-0.05, 0) is 31.5 Å². The third-order valence-electron chi connectivity index (χ3n) is 3.09. The van der Waals surface area contributed by atoms with E-state index in [1.807, 2.05) is 19.2 Å². The molecule has 0 saturated carbocycles. The van der Waals surface area contributed by atoms with Crippen molar-refractivity contribution in [3.8, 4) is 0 Å². The van der Waals surface area contributed by atoms with Gasteiger partial charge in [-0.2, -0.15) is 0 Å². The molecule has 1 N–H and O–H groups in total. The minimum absolute atomic E-state index is 0.315. The van der Waals surface area contributed by atoms with Gasteiger partial charge in [-0.3, -0.25) is 0 Å². The van der Waals surface area contributed by atoms with Crippen molar-refractivity contribution < 1.29 is 0 Å². The highest BCUT2D eigenvalue weighted by Crippen LogP contribution is 2.17. The minimum atomic E-state index is 0.315. The molecule has 0 radical (unpaired) electrons. The fraction of sp³-hybridized carbons (Fsp3) is 0.375. The van der Waals surface area contributed by atoms with Gasteiger partial charge in [0, 0.05) is 24.4 Å². The van der Waals surface area contributed by atoms with Gasteiger partial charge in [0.2, 0.25) is 0 Å². The molecule has 0 amide bonds. The zero-order valence-electron chi connectivity index (χ0n) is 11.6. The van der Waals surface area contributed by atoms with E-state index < -0.39 is 0 Å². The fourth-order valence-electron chi connectivity index (χ4n) is 2.14. The standard InChI is InChI=1S/C16H21N3/c1-3-10-18-16(14-7-5-4-6-8-14)12-15-9-11-17-13(2)19-15/h4-9,11,16,18H,3,10,12H2,1-2H3. The summed E-state index contributed by atoms with van der Waals surface area (Å²) in [5.74, 6) is 0.833. The fourth-order valence-corrected chi connectivity index (χ4v) is 2.14. The maximum absolute atomic E-state index is 4.50. The molecular weight excluding hydrogens is 234 g/mol. The van der Waals surface area contributed by atoms with Crippen LogP contribution in [-0.2, 0) is 6.42 Å². The molecule has 19 heavy (non-hydrogen) atoms. The molecule has 0 aliphatic heterocycles. The first-order chi connectivity index (χ1) is 9.29. The van der Waals surface area contributed by atoms with Crippen molar-refractivity contribution in [3.63, 3.8) is 0 Å². The van der Waals surface area contributed by atoms with E-state index in [4.69, 9.17) is 0 Å². The van der Waals surface area contributed by atoms with Crippen molar-refractivity contribution in [1.82, 2.24) is 15.3 Å². The molecule has 0 aliphatic rings. The molecule has 1 aromatic heterocycles. The lowest BCUT2D eigenvalue weighted by molar-refractivity contribution is 0.523. The van der Waals surface area contributed by atoms with Crippen LogP contribution in [0.2, 0.25) is 0 Å². The number of rotatable bonds is 6. The molecule has 1 heterocycles. The Kier molecular flexibility index (Phi) is 5.04. The summed E-state index contributed by atoms with van der Waals surface area (Å²) >= 11 is 0. The van der Waals surface area contributed by atoms with Crippen LogP contribution in [0, 0.1) is 6.92 Å². The average Bonchev–Trinajstić information content (AvgIpc) is 2.44. The van der Waals surface area contributed by atoms with Gasteiger partial charge in [0.1, 0.15) is 5.82 Å². The summed E-state index contributed by atoms with van der Waals surface area (Å²) in [6.45, 7) is 5.13. The van der Waals surface area contributed by atoms with Gasteiger partial charge >= 0.3 is 0 Å². The molecule has 3 heteroatoms. The van der Waals surface area contributed by atoms with Crippen LogP contribution in [0.3, 0.4) is 0 Å². The number of aryl methyl sites for hydroxylation is 1. The first-order valence-corrected chi connectivity index (χ1v) is 6.86. The second-order valence-electron chi connectivity index (χ2n) is 4.72. The van der Waals surface area contributed by atoms with Crippen LogP contribution in [0.5, 0.6) is 0 Å². The Morgan fingerprint density at radius 2 is 1.95 bits per heavy atom. The van der Waals surface area contributed by atoms with E-state index in [0.29, 0.717) is 6.04 Å². The lowest BCUT2D eigenvalue weighted by Crippen LogP contribution is -2.24. The van der Waals surface area contributed by atoms with E-state index in [2.05, 4.69) is 52.5 Å². The van der Waals surface area contributed by atoms with Gasteiger partial charge in [0.05, 0.1) is 0 Å². The van der Waals surface area contributed by atoms with Crippen molar-refractivity contribution in [1.29, 1.82) is 0 Å². The van der Waals surface area contributed by atoms with Crippen molar-refractivity contribution >= 4 is 0 Å². The predicted octanol–water partition coefficient (Wildman–Crippen LogP) is 3.07. The highest BCUT2D eigenvalue weighted by Gasteiger charge is 2.12. The molecule has 0 fully saturated rings. The largest absolute Gasteiger partial charge is 0.310 e. The molecule has 1 unspecified atom stereocenters. The van der Waals surface area contributed by atoms with E-state index in [-0.39, 0.29) is 0 Å². The molecule has 2 aromatic rings. The zero-order chi connectivity index (χ0) is 13.5. The zero-order valence-corrected chi connectivity index (χ0v) is 11.6. The summed E-state index contributed by atoms with van der Waals surface area (Å²) in [7, 11) is 0. The third-order valence-corrected chi connectivity index (χ3v) is 3.09. The van der Waals surface area contributed by atoms with Gasteiger partial charge in [0.15, 0.2) is 0 Å². The van der Waals surface area contributed by atoms with Crippen LogP contribution in [0.15, 0.2) is 42.6 Å². The van der Waals surface area contributed by atoms with Crippen molar-refractivity contribution in [2.45, 2.75) is 32.7 Å². The Balaban J connectivity index is 2.14. The van der Waals surface area contributed by atoms with Crippen molar-refractivity contribution in [2.24, 2.45) is 0 Å². The second-order valence-corrected chi connectivity index (χ2v) is 4.72. The molecule has 0 saturated heterocycles. The number of nitrogens with one attached hydrogen (secondary N) is 1. The highest BCUT2D eigenvalue weighted by molar-refractivity contribution is 5.21. The Labute approximate surface area is 115 Å². The summed E-state index contributed by atoms with van der Waals surface area (Å²) in [6, 6.07) is 12.9. The number of benzene rings is 1. The van der Waals surface area contributed by atoms with E-state index in [1.54, 1.807) is 0 Å². The second kappa shape index (κ2) is 7.00. The number of hydrogen-bond donors (Lipinski definition) is 1.